The smallest absolute Gasteiger partial charge is 0.164 e. The Bertz CT molecular complexity index is 1150. The Morgan fingerprint density at radius 1 is 0.862 bits per heavy atom. The second-order valence-corrected chi connectivity index (χ2v) is 6.71. The number of aromatic nitrogens is 3. The van der Waals surface area contributed by atoms with Crippen molar-refractivity contribution in [1.82, 2.24) is 14.6 Å². The number of hydrogen-bond donors (Lipinski definition) is 0. The lowest BCUT2D eigenvalue weighted by Crippen LogP contribution is -1.98. The maximum absolute atomic E-state index is 5.50. The summed E-state index contributed by atoms with van der Waals surface area (Å²) in [5.74, 6) is 1.33. The van der Waals surface area contributed by atoms with Gasteiger partial charge in [-0.15, -0.1) is 0 Å². The van der Waals surface area contributed by atoms with E-state index >= 15 is 0 Å². The number of hydrogen-bond acceptors (Lipinski definition) is 5. The fourth-order valence-corrected chi connectivity index (χ4v) is 3.49. The highest BCUT2D eigenvalue weighted by molar-refractivity contribution is 5.82. The number of benzene rings is 2. The van der Waals surface area contributed by atoms with Crippen LogP contribution in [0.5, 0.6) is 11.5 Å². The molecular weight excluding hydrogens is 366 g/mol. The summed E-state index contributed by atoms with van der Waals surface area (Å²) in [5.41, 5.74) is 6.43. The molecule has 148 valence electrons. The van der Waals surface area contributed by atoms with Crippen molar-refractivity contribution in [2.24, 2.45) is 0 Å². The third-order valence-electron chi connectivity index (χ3n) is 4.86. The van der Waals surface area contributed by atoms with E-state index in [4.69, 9.17) is 24.3 Å². The van der Waals surface area contributed by atoms with Crippen LogP contribution in [0.1, 0.15) is 11.4 Å². The standard InChI is InChI=1S/C23H23N3O3/c1-15-12-18(16-8-6-5-7-9-16)24-23-22(19(14-27-2)25-26(15)23)17-10-11-20(28-3)21(13-17)29-4/h5-13H,14H2,1-4H3. The van der Waals surface area contributed by atoms with Crippen LogP contribution < -0.4 is 9.47 Å². The maximum Gasteiger partial charge on any atom is 0.164 e. The molecule has 0 fully saturated rings. The van der Waals surface area contributed by atoms with Gasteiger partial charge in [-0.2, -0.15) is 5.10 Å². The molecule has 4 rings (SSSR count). The number of ether oxygens (including phenoxy) is 3. The summed E-state index contributed by atoms with van der Waals surface area (Å²) in [6.07, 6.45) is 0. The van der Waals surface area contributed by atoms with Crippen molar-refractivity contribution >= 4 is 5.65 Å². The van der Waals surface area contributed by atoms with E-state index in [0.29, 0.717) is 18.1 Å². The number of aryl methyl sites for hydroxylation is 1. The summed E-state index contributed by atoms with van der Waals surface area (Å²) in [5, 5.41) is 4.77. The van der Waals surface area contributed by atoms with E-state index < -0.39 is 0 Å². The van der Waals surface area contributed by atoms with Gasteiger partial charge < -0.3 is 14.2 Å². The van der Waals surface area contributed by atoms with Crippen LogP contribution in [-0.4, -0.2) is 35.9 Å². The molecule has 0 amide bonds. The highest BCUT2D eigenvalue weighted by atomic mass is 16.5. The van der Waals surface area contributed by atoms with Crippen LogP contribution in [0, 0.1) is 6.92 Å². The zero-order valence-electron chi connectivity index (χ0n) is 17.0. The van der Waals surface area contributed by atoms with Crippen LogP contribution in [0.3, 0.4) is 0 Å². The molecule has 6 heteroatoms. The average molecular weight is 389 g/mol. The molecule has 0 aliphatic carbocycles. The summed E-state index contributed by atoms with van der Waals surface area (Å²) < 4.78 is 18.2. The topological polar surface area (TPSA) is 57.9 Å². The Balaban J connectivity index is 1.98. The first-order valence-electron chi connectivity index (χ1n) is 9.32. The third-order valence-corrected chi connectivity index (χ3v) is 4.86. The number of rotatable bonds is 6. The van der Waals surface area contributed by atoms with Crippen molar-refractivity contribution in [1.29, 1.82) is 0 Å². The number of nitrogens with zero attached hydrogens (tertiary/aromatic N) is 3. The van der Waals surface area contributed by atoms with Crippen LogP contribution in [0.2, 0.25) is 0 Å². The molecule has 0 aliphatic rings. The average Bonchev–Trinajstić information content (AvgIpc) is 3.12. The van der Waals surface area contributed by atoms with Gasteiger partial charge in [-0.05, 0) is 30.7 Å². The van der Waals surface area contributed by atoms with E-state index in [1.54, 1.807) is 21.3 Å². The van der Waals surface area contributed by atoms with Crippen LogP contribution in [-0.2, 0) is 11.3 Å². The summed E-state index contributed by atoms with van der Waals surface area (Å²) in [4.78, 5) is 4.96. The fourth-order valence-electron chi connectivity index (χ4n) is 3.49. The van der Waals surface area contributed by atoms with E-state index in [1.165, 1.54) is 0 Å². The van der Waals surface area contributed by atoms with E-state index in [2.05, 4.69) is 12.1 Å². The predicted octanol–water partition coefficient (Wildman–Crippen LogP) is 4.54. The highest BCUT2D eigenvalue weighted by Crippen LogP contribution is 2.36. The monoisotopic (exact) mass is 389 g/mol. The Labute approximate surface area is 169 Å². The Morgan fingerprint density at radius 2 is 1.62 bits per heavy atom. The van der Waals surface area contributed by atoms with Crippen molar-refractivity contribution in [2.75, 3.05) is 21.3 Å². The SMILES string of the molecule is COCc1nn2c(C)cc(-c3ccccc3)nc2c1-c1ccc(OC)c(OC)c1. The lowest BCUT2D eigenvalue weighted by atomic mass is 10.0. The normalized spacial score (nSPS) is 11.0. The second kappa shape index (κ2) is 7.93. The summed E-state index contributed by atoms with van der Waals surface area (Å²) in [6, 6.07) is 18.0. The first-order chi connectivity index (χ1) is 14.2. The van der Waals surface area contributed by atoms with Gasteiger partial charge in [-0.1, -0.05) is 36.4 Å². The van der Waals surface area contributed by atoms with E-state index in [9.17, 15) is 0 Å². The Hall–Kier alpha value is -3.38. The Morgan fingerprint density at radius 3 is 2.31 bits per heavy atom. The van der Waals surface area contributed by atoms with Gasteiger partial charge in [0.05, 0.1) is 37.8 Å². The zero-order valence-corrected chi connectivity index (χ0v) is 17.0. The van der Waals surface area contributed by atoms with Crippen LogP contribution in [0.4, 0.5) is 0 Å². The first-order valence-corrected chi connectivity index (χ1v) is 9.32. The minimum absolute atomic E-state index is 0.382. The van der Waals surface area contributed by atoms with Crippen molar-refractivity contribution in [3.8, 4) is 33.9 Å². The predicted molar refractivity (Wildman–Crippen MR) is 112 cm³/mol. The molecule has 0 spiro atoms. The molecule has 0 bridgehead atoms. The second-order valence-electron chi connectivity index (χ2n) is 6.71. The third kappa shape index (κ3) is 3.43. The molecule has 4 aromatic rings. The first kappa shape index (κ1) is 19.0. The molecule has 0 atom stereocenters. The number of methoxy groups -OCH3 is 3. The lowest BCUT2D eigenvalue weighted by Gasteiger charge is -2.10. The molecule has 0 unspecified atom stereocenters. The van der Waals surface area contributed by atoms with Gasteiger partial charge in [0.1, 0.15) is 0 Å². The zero-order chi connectivity index (χ0) is 20.4. The van der Waals surface area contributed by atoms with Crippen molar-refractivity contribution < 1.29 is 14.2 Å². The van der Waals surface area contributed by atoms with E-state index in [1.807, 2.05) is 53.9 Å². The molecule has 29 heavy (non-hydrogen) atoms. The Kier molecular flexibility index (Phi) is 5.18. The summed E-state index contributed by atoms with van der Waals surface area (Å²) in [6.45, 7) is 2.41. The van der Waals surface area contributed by atoms with Crippen molar-refractivity contribution in [3.63, 3.8) is 0 Å². The molecule has 0 saturated carbocycles. The van der Waals surface area contributed by atoms with Gasteiger partial charge >= 0.3 is 0 Å². The van der Waals surface area contributed by atoms with Crippen LogP contribution >= 0.6 is 0 Å². The molecule has 2 aromatic carbocycles. The molecular formula is C23H23N3O3. The molecule has 0 radical (unpaired) electrons. The van der Waals surface area contributed by atoms with Gasteiger partial charge in [0, 0.05) is 18.4 Å². The fraction of sp³-hybridized carbons (Fsp3) is 0.217. The number of fused-ring (bicyclic) bond motifs is 1. The highest BCUT2D eigenvalue weighted by Gasteiger charge is 2.20. The minimum atomic E-state index is 0.382. The molecule has 0 N–H and O–H groups in total. The molecule has 6 nitrogen and oxygen atoms in total. The van der Waals surface area contributed by atoms with Gasteiger partial charge in [0.15, 0.2) is 17.1 Å². The maximum atomic E-state index is 5.50. The van der Waals surface area contributed by atoms with E-state index in [-0.39, 0.29) is 0 Å². The summed E-state index contributed by atoms with van der Waals surface area (Å²) in [7, 11) is 4.92. The van der Waals surface area contributed by atoms with Gasteiger partial charge in [-0.25, -0.2) is 9.50 Å². The van der Waals surface area contributed by atoms with E-state index in [0.717, 1.165) is 39.4 Å². The molecule has 0 aliphatic heterocycles. The minimum Gasteiger partial charge on any atom is -0.493 e. The lowest BCUT2D eigenvalue weighted by molar-refractivity contribution is 0.181. The quantitative estimate of drug-likeness (QED) is 0.485. The van der Waals surface area contributed by atoms with Crippen LogP contribution in [0.15, 0.2) is 54.6 Å². The summed E-state index contributed by atoms with van der Waals surface area (Å²) >= 11 is 0. The van der Waals surface area contributed by atoms with Gasteiger partial charge in [0.25, 0.3) is 0 Å². The largest absolute Gasteiger partial charge is 0.493 e. The van der Waals surface area contributed by atoms with Crippen molar-refractivity contribution in [3.05, 3.63) is 66.0 Å². The molecule has 2 heterocycles. The molecule has 0 saturated heterocycles. The van der Waals surface area contributed by atoms with Crippen LogP contribution in [0.25, 0.3) is 28.0 Å². The van der Waals surface area contributed by atoms with Gasteiger partial charge in [0.2, 0.25) is 0 Å². The van der Waals surface area contributed by atoms with Crippen molar-refractivity contribution in [2.45, 2.75) is 13.5 Å². The van der Waals surface area contributed by atoms with Gasteiger partial charge in [-0.3, -0.25) is 0 Å². The molecule has 2 aromatic heterocycles.